The van der Waals surface area contributed by atoms with Gasteiger partial charge in [-0.2, -0.15) is 5.10 Å². The molecule has 0 radical (unpaired) electrons. The second kappa shape index (κ2) is 5.92. The fourth-order valence-corrected chi connectivity index (χ4v) is 2.62. The van der Waals surface area contributed by atoms with Crippen LogP contribution in [0, 0.1) is 0 Å². The lowest BCUT2D eigenvalue weighted by Gasteiger charge is -2.11. The van der Waals surface area contributed by atoms with E-state index in [0.29, 0.717) is 21.7 Å². The van der Waals surface area contributed by atoms with Crippen LogP contribution in [0.25, 0.3) is 16.7 Å². The summed E-state index contributed by atoms with van der Waals surface area (Å²) in [6.45, 7) is 2.88. The number of benzene rings is 1. The highest BCUT2D eigenvalue weighted by Crippen LogP contribution is 2.29. The summed E-state index contributed by atoms with van der Waals surface area (Å²) in [5.41, 5.74) is 0.954. The highest BCUT2D eigenvalue weighted by atomic mass is 35.5. The molecular formula is C15H14Cl2N4. The Morgan fingerprint density at radius 1 is 1.19 bits per heavy atom. The van der Waals surface area contributed by atoms with Gasteiger partial charge >= 0.3 is 0 Å². The Morgan fingerprint density at radius 2 is 2.00 bits per heavy atom. The molecule has 0 amide bonds. The lowest BCUT2D eigenvalue weighted by molar-refractivity contribution is 0.871. The largest absolute Gasteiger partial charge is 0.369 e. The third-order valence-corrected chi connectivity index (χ3v) is 3.70. The molecule has 0 fully saturated rings. The zero-order valence-corrected chi connectivity index (χ0v) is 13.0. The standard InChI is InChI=1S/C15H14Cl2N4/c1-2-7-18-14-11(16)8-12(17)15(20-14)21-13-6-4-3-5-10(13)9-19-21/h3-6,8-9H,2,7H2,1H3,(H,18,20). The molecule has 3 aromatic rings. The normalized spacial score (nSPS) is 11.0. The average molecular weight is 321 g/mol. The van der Waals surface area contributed by atoms with Gasteiger partial charge in [0.2, 0.25) is 0 Å². The van der Waals surface area contributed by atoms with Crippen molar-refractivity contribution >= 4 is 39.9 Å². The number of fused-ring (bicyclic) bond motifs is 1. The molecule has 0 aliphatic carbocycles. The minimum atomic E-state index is 0.468. The summed E-state index contributed by atoms with van der Waals surface area (Å²) in [5.74, 6) is 1.19. The van der Waals surface area contributed by atoms with Crippen molar-refractivity contribution in [2.75, 3.05) is 11.9 Å². The number of anilines is 1. The van der Waals surface area contributed by atoms with Crippen molar-refractivity contribution in [3.63, 3.8) is 0 Å². The molecule has 2 aromatic heterocycles. The summed E-state index contributed by atoms with van der Waals surface area (Å²) in [4.78, 5) is 4.53. The number of pyridine rings is 1. The van der Waals surface area contributed by atoms with E-state index in [-0.39, 0.29) is 0 Å². The molecule has 1 N–H and O–H groups in total. The van der Waals surface area contributed by atoms with E-state index in [1.54, 1.807) is 16.9 Å². The Hall–Kier alpha value is -1.78. The summed E-state index contributed by atoms with van der Waals surface area (Å²) < 4.78 is 1.73. The molecule has 21 heavy (non-hydrogen) atoms. The molecule has 0 bridgehead atoms. The van der Waals surface area contributed by atoms with Gasteiger partial charge in [-0.1, -0.05) is 48.3 Å². The van der Waals surface area contributed by atoms with Crippen LogP contribution in [0.2, 0.25) is 10.0 Å². The highest BCUT2D eigenvalue weighted by molar-refractivity contribution is 6.36. The maximum atomic E-state index is 6.29. The first-order valence-corrected chi connectivity index (χ1v) is 7.49. The van der Waals surface area contributed by atoms with E-state index in [1.807, 2.05) is 24.3 Å². The SMILES string of the molecule is CCCNc1nc(-n2ncc3ccccc32)c(Cl)cc1Cl. The highest BCUT2D eigenvalue weighted by Gasteiger charge is 2.13. The Balaban J connectivity index is 2.13. The summed E-state index contributed by atoms with van der Waals surface area (Å²) in [6, 6.07) is 9.60. The molecule has 4 nitrogen and oxygen atoms in total. The van der Waals surface area contributed by atoms with Gasteiger partial charge in [0.05, 0.1) is 21.8 Å². The van der Waals surface area contributed by atoms with Crippen LogP contribution in [0.4, 0.5) is 5.82 Å². The van der Waals surface area contributed by atoms with Gasteiger partial charge < -0.3 is 5.32 Å². The van der Waals surface area contributed by atoms with E-state index < -0.39 is 0 Å². The molecule has 0 saturated heterocycles. The van der Waals surface area contributed by atoms with Crippen molar-refractivity contribution in [1.29, 1.82) is 0 Å². The zero-order valence-electron chi connectivity index (χ0n) is 11.5. The molecule has 0 aliphatic rings. The van der Waals surface area contributed by atoms with E-state index in [2.05, 4.69) is 22.3 Å². The quantitative estimate of drug-likeness (QED) is 0.766. The lowest BCUT2D eigenvalue weighted by Crippen LogP contribution is -2.07. The topological polar surface area (TPSA) is 42.7 Å². The van der Waals surface area contributed by atoms with E-state index in [9.17, 15) is 0 Å². The van der Waals surface area contributed by atoms with Gasteiger partial charge in [-0.3, -0.25) is 0 Å². The summed E-state index contributed by atoms with van der Waals surface area (Å²) in [6.07, 6.45) is 2.78. The van der Waals surface area contributed by atoms with Gasteiger partial charge in [-0.25, -0.2) is 9.67 Å². The number of aromatic nitrogens is 3. The van der Waals surface area contributed by atoms with Crippen molar-refractivity contribution in [3.8, 4) is 5.82 Å². The van der Waals surface area contributed by atoms with Crippen LogP contribution in [0.15, 0.2) is 36.5 Å². The van der Waals surface area contributed by atoms with Crippen LogP contribution >= 0.6 is 23.2 Å². The van der Waals surface area contributed by atoms with Crippen LogP contribution in [-0.4, -0.2) is 21.3 Å². The number of halogens is 2. The second-order valence-electron chi connectivity index (χ2n) is 4.67. The maximum absolute atomic E-state index is 6.29. The number of para-hydroxylation sites is 1. The predicted molar refractivity (Wildman–Crippen MR) is 87.7 cm³/mol. The molecule has 0 aliphatic heterocycles. The van der Waals surface area contributed by atoms with Crippen molar-refractivity contribution in [1.82, 2.24) is 14.8 Å². The minimum Gasteiger partial charge on any atom is -0.369 e. The van der Waals surface area contributed by atoms with Gasteiger partial charge in [0.25, 0.3) is 0 Å². The predicted octanol–water partition coefficient (Wildman–Crippen LogP) is 4.55. The number of rotatable bonds is 4. The molecule has 6 heteroatoms. The molecule has 108 valence electrons. The average Bonchev–Trinajstić information content (AvgIpc) is 2.90. The monoisotopic (exact) mass is 320 g/mol. The van der Waals surface area contributed by atoms with Gasteiger partial charge in [0, 0.05) is 11.9 Å². The summed E-state index contributed by atoms with van der Waals surface area (Å²) in [5, 5.41) is 9.59. The third kappa shape index (κ3) is 2.69. The molecule has 0 saturated carbocycles. The number of nitrogens with zero attached hydrogens (tertiary/aromatic N) is 3. The number of hydrogen-bond acceptors (Lipinski definition) is 3. The first-order chi connectivity index (χ1) is 10.2. The van der Waals surface area contributed by atoms with Gasteiger partial charge in [-0.15, -0.1) is 0 Å². The van der Waals surface area contributed by atoms with Gasteiger partial charge in [0.15, 0.2) is 5.82 Å². The van der Waals surface area contributed by atoms with Crippen molar-refractivity contribution in [3.05, 3.63) is 46.6 Å². The molecule has 3 rings (SSSR count). The second-order valence-corrected chi connectivity index (χ2v) is 5.48. The Labute approximate surface area is 132 Å². The van der Waals surface area contributed by atoms with Crippen molar-refractivity contribution in [2.24, 2.45) is 0 Å². The first kappa shape index (κ1) is 14.2. The third-order valence-electron chi connectivity index (χ3n) is 3.13. The Bertz CT molecular complexity index is 782. The molecule has 0 spiro atoms. The molecular weight excluding hydrogens is 307 g/mol. The smallest absolute Gasteiger partial charge is 0.175 e. The molecule has 2 heterocycles. The molecule has 0 unspecified atom stereocenters. The minimum absolute atomic E-state index is 0.468. The van der Waals surface area contributed by atoms with E-state index in [0.717, 1.165) is 23.9 Å². The van der Waals surface area contributed by atoms with Crippen LogP contribution < -0.4 is 5.32 Å². The van der Waals surface area contributed by atoms with Crippen LogP contribution in [0.1, 0.15) is 13.3 Å². The Morgan fingerprint density at radius 3 is 2.81 bits per heavy atom. The summed E-state index contributed by atoms with van der Waals surface area (Å²) in [7, 11) is 0. The summed E-state index contributed by atoms with van der Waals surface area (Å²) >= 11 is 12.5. The fourth-order valence-electron chi connectivity index (χ4n) is 2.11. The van der Waals surface area contributed by atoms with Gasteiger partial charge in [0.1, 0.15) is 5.82 Å². The number of nitrogens with one attached hydrogen (secondary N) is 1. The fraction of sp³-hybridized carbons (Fsp3) is 0.200. The maximum Gasteiger partial charge on any atom is 0.175 e. The van der Waals surface area contributed by atoms with E-state index in [1.165, 1.54) is 0 Å². The van der Waals surface area contributed by atoms with E-state index >= 15 is 0 Å². The van der Waals surface area contributed by atoms with Crippen LogP contribution in [0.3, 0.4) is 0 Å². The number of hydrogen-bond donors (Lipinski definition) is 1. The lowest BCUT2D eigenvalue weighted by atomic mass is 10.2. The van der Waals surface area contributed by atoms with E-state index in [4.69, 9.17) is 23.2 Å². The van der Waals surface area contributed by atoms with Crippen molar-refractivity contribution in [2.45, 2.75) is 13.3 Å². The van der Waals surface area contributed by atoms with Crippen LogP contribution in [0.5, 0.6) is 0 Å². The molecule has 1 aromatic carbocycles. The van der Waals surface area contributed by atoms with Gasteiger partial charge in [-0.05, 0) is 18.6 Å². The molecule has 0 atom stereocenters. The van der Waals surface area contributed by atoms with Crippen LogP contribution in [-0.2, 0) is 0 Å². The first-order valence-electron chi connectivity index (χ1n) is 6.73. The zero-order chi connectivity index (χ0) is 14.8. The Kier molecular flexibility index (Phi) is 3.99. The van der Waals surface area contributed by atoms with Crippen molar-refractivity contribution < 1.29 is 0 Å².